The number of aliphatic carboxylic acids is 1. The van der Waals surface area contributed by atoms with Crippen molar-refractivity contribution in [3.63, 3.8) is 0 Å². The first-order valence-corrected chi connectivity index (χ1v) is 4.83. The summed E-state index contributed by atoms with van der Waals surface area (Å²) in [7, 11) is 1.72. The lowest BCUT2D eigenvalue weighted by Crippen LogP contribution is -2.44. The van der Waals surface area contributed by atoms with Crippen molar-refractivity contribution in [3.8, 4) is 0 Å². The fraction of sp³-hybridized carbons (Fsp3) is 0.778. The lowest BCUT2D eigenvalue weighted by atomic mass is 10.2. The van der Waals surface area contributed by atoms with Crippen molar-refractivity contribution in [3.05, 3.63) is 0 Å². The van der Waals surface area contributed by atoms with Gasteiger partial charge in [0.25, 0.3) is 0 Å². The fourth-order valence-electron chi connectivity index (χ4n) is 1.73. The highest BCUT2D eigenvalue weighted by Crippen LogP contribution is 2.22. The molecule has 0 aromatic rings. The van der Waals surface area contributed by atoms with Crippen molar-refractivity contribution in [1.82, 2.24) is 10.2 Å². The standard InChI is InChI=1S/C9H16N2O3/c1-11(7-4-2-3-5-7)9(14)10-6-8(12)13/h7H,2-6H2,1H3,(H,10,14)(H,12,13). The molecule has 0 bridgehead atoms. The molecule has 14 heavy (non-hydrogen) atoms. The molecule has 0 unspecified atom stereocenters. The number of nitrogens with one attached hydrogen (secondary N) is 1. The van der Waals surface area contributed by atoms with Gasteiger partial charge in [0.15, 0.2) is 0 Å². The van der Waals surface area contributed by atoms with Gasteiger partial charge in [-0.25, -0.2) is 4.79 Å². The van der Waals surface area contributed by atoms with E-state index in [0.29, 0.717) is 0 Å². The Morgan fingerprint density at radius 3 is 2.50 bits per heavy atom. The molecule has 0 heterocycles. The van der Waals surface area contributed by atoms with Gasteiger partial charge in [-0.3, -0.25) is 4.79 Å². The van der Waals surface area contributed by atoms with Crippen LogP contribution in [-0.2, 0) is 4.79 Å². The van der Waals surface area contributed by atoms with Crippen LogP contribution in [0.2, 0.25) is 0 Å². The van der Waals surface area contributed by atoms with E-state index in [1.54, 1.807) is 11.9 Å². The van der Waals surface area contributed by atoms with Crippen molar-refractivity contribution in [1.29, 1.82) is 0 Å². The van der Waals surface area contributed by atoms with E-state index in [0.717, 1.165) is 25.7 Å². The Labute approximate surface area is 83.1 Å². The van der Waals surface area contributed by atoms with Crippen molar-refractivity contribution in [2.24, 2.45) is 0 Å². The molecule has 0 aromatic carbocycles. The van der Waals surface area contributed by atoms with Crippen LogP contribution < -0.4 is 5.32 Å². The van der Waals surface area contributed by atoms with Crippen LogP contribution in [0.3, 0.4) is 0 Å². The van der Waals surface area contributed by atoms with E-state index in [1.165, 1.54) is 0 Å². The van der Waals surface area contributed by atoms with Gasteiger partial charge in [0, 0.05) is 13.1 Å². The zero-order valence-corrected chi connectivity index (χ0v) is 8.32. The number of urea groups is 1. The highest BCUT2D eigenvalue weighted by atomic mass is 16.4. The molecule has 0 radical (unpaired) electrons. The number of rotatable bonds is 3. The van der Waals surface area contributed by atoms with Gasteiger partial charge in [0.2, 0.25) is 0 Å². The molecular weight excluding hydrogens is 184 g/mol. The normalized spacial score (nSPS) is 16.6. The Morgan fingerprint density at radius 1 is 1.43 bits per heavy atom. The molecule has 1 aliphatic rings. The monoisotopic (exact) mass is 200 g/mol. The summed E-state index contributed by atoms with van der Waals surface area (Å²) >= 11 is 0. The summed E-state index contributed by atoms with van der Waals surface area (Å²) in [5, 5.41) is 10.7. The van der Waals surface area contributed by atoms with E-state index in [9.17, 15) is 9.59 Å². The van der Waals surface area contributed by atoms with Crippen LogP contribution in [0.1, 0.15) is 25.7 Å². The summed E-state index contributed by atoms with van der Waals surface area (Å²) in [5.41, 5.74) is 0. The highest BCUT2D eigenvalue weighted by Gasteiger charge is 2.23. The summed E-state index contributed by atoms with van der Waals surface area (Å²) < 4.78 is 0. The van der Waals surface area contributed by atoms with E-state index >= 15 is 0 Å². The first-order valence-electron chi connectivity index (χ1n) is 4.83. The minimum Gasteiger partial charge on any atom is -0.480 e. The van der Waals surface area contributed by atoms with Crippen molar-refractivity contribution in [2.45, 2.75) is 31.7 Å². The van der Waals surface area contributed by atoms with Crippen molar-refractivity contribution in [2.75, 3.05) is 13.6 Å². The SMILES string of the molecule is CN(C(=O)NCC(=O)O)C1CCCC1. The third-order valence-electron chi connectivity index (χ3n) is 2.58. The van der Waals surface area contributed by atoms with Crippen LogP contribution in [0.5, 0.6) is 0 Å². The van der Waals surface area contributed by atoms with Crippen LogP contribution in [0.4, 0.5) is 4.79 Å². The Bertz CT molecular complexity index is 224. The van der Waals surface area contributed by atoms with Crippen LogP contribution in [0.15, 0.2) is 0 Å². The molecule has 0 aromatic heterocycles. The van der Waals surface area contributed by atoms with Crippen LogP contribution in [0, 0.1) is 0 Å². The second-order valence-electron chi connectivity index (χ2n) is 3.60. The number of hydrogen-bond donors (Lipinski definition) is 2. The molecule has 0 saturated heterocycles. The maximum atomic E-state index is 11.4. The molecule has 5 nitrogen and oxygen atoms in total. The molecule has 1 aliphatic carbocycles. The molecule has 1 saturated carbocycles. The number of carboxylic acids is 1. The average molecular weight is 200 g/mol. The average Bonchev–Trinajstić information content (AvgIpc) is 2.65. The van der Waals surface area contributed by atoms with E-state index in [-0.39, 0.29) is 18.6 Å². The van der Waals surface area contributed by atoms with E-state index in [2.05, 4.69) is 5.32 Å². The molecule has 80 valence electrons. The minimum absolute atomic E-state index is 0.281. The third-order valence-corrected chi connectivity index (χ3v) is 2.58. The van der Waals surface area contributed by atoms with E-state index in [4.69, 9.17) is 5.11 Å². The molecule has 2 amide bonds. The summed E-state index contributed by atoms with van der Waals surface area (Å²) in [6, 6.07) is -0.0110. The van der Waals surface area contributed by atoms with Crippen LogP contribution in [-0.4, -0.2) is 41.6 Å². The molecular formula is C9H16N2O3. The van der Waals surface area contributed by atoms with Gasteiger partial charge in [-0.05, 0) is 12.8 Å². The molecule has 0 spiro atoms. The number of nitrogens with zero attached hydrogens (tertiary/aromatic N) is 1. The molecule has 0 aliphatic heterocycles. The lowest BCUT2D eigenvalue weighted by Gasteiger charge is -2.24. The van der Waals surface area contributed by atoms with Crippen molar-refractivity contribution >= 4 is 12.0 Å². The van der Waals surface area contributed by atoms with Crippen LogP contribution >= 0.6 is 0 Å². The van der Waals surface area contributed by atoms with Crippen molar-refractivity contribution < 1.29 is 14.7 Å². The zero-order valence-electron chi connectivity index (χ0n) is 8.32. The first-order chi connectivity index (χ1) is 6.61. The summed E-state index contributed by atoms with van der Waals surface area (Å²) in [4.78, 5) is 23.2. The Hall–Kier alpha value is -1.26. The third kappa shape index (κ3) is 2.90. The van der Waals surface area contributed by atoms with E-state index < -0.39 is 5.97 Å². The maximum Gasteiger partial charge on any atom is 0.323 e. The molecule has 2 N–H and O–H groups in total. The zero-order chi connectivity index (χ0) is 10.6. The van der Waals surface area contributed by atoms with Gasteiger partial charge in [-0.15, -0.1) is 0 Å². The summed E-state index contributed by atoms with van der Waals surface area (Å²) in [6.07, 6.45) is 4.36. The molecule has 0 atom stereocenters. The largest absolute Gasteiger partial charge is 0.480 e. The molecule has 5 heteroatoms. The lowest BCUT2D eigenvalue weighted by molar-refractivity contribution is -0.135. The van der Waals surface area contributed by atoms with Crippen LogP contribution in [0.25, 0.3) is 0 Å². The van der Waals surface area contributed by atoms with Gasteiger partial charge < -0.3 is 15.3 Å². The smallest absolute Gasteiger partial charge is 0.323 e. The first kappa shape index (κ1) is 10.8. The van der Waals surface area contributed by atoms with Gasteiger partial charge in [-0.2, -0.15) is 0 Å². The molecule has 1 rings (SSSR count). The van der Waals surface area contributed by atoms with Gasteiger partial charge in [0.05, 0.1) is 0 Å². The highest BCUT2D eigenvalue weighted by molar-refractivity contribution is 5.79. The summed E-state index contributed by atoms with van der Waals surface area (Å²) in [6.45, 7) is -0.310. The van der Waals surface area contributed by atoms with Gasteiger partial charge in [0.1, 0.15) is 6.54 Å². The summed E-state index contributed by atoms with van der Waals surface area (Å²) in [5.74, 6) is -1.02. The number of hydrogen-bond acceptors (Lipinski definition) is 2. The van der Waals surface area contributed by atoms with E-state index in [1.807, 2.05) is 0 Å². The van der Waals surface area contributed by atoms with Gasteiger partial charge >= 0.3 is 12.0 Å². The minimum atomic E-state index is -1.02. The number of carbonyl (C=O) groups excluding carboxylic acids is 1. The number of carbonyl (C=O) groups is 2. The Balaban J connectivity index is 2.31. The second-order valence-corrected chi connectivity index (χ2v) is 3.60. The fourth-order valence-corrected chi connectivity index (χ4v) is 1.73. The number of carboxylic acid groups (broad SMARTS) is 1. The Morgan fingerprint density at radius 2 is 2.00 bits per heavy atom. The number of amides is 2. The van der Waals surface area contributed by atoms with Gasteiger partial charge in [-0.1, -0.05) is 12.8 Å². The topological polar surface area (TPSA) is 69.6 Å². The Kier molecular flexibility index (Phi) is 3.73. The maximum absolute atomic E-state index is 11.4. The predicted molar refractivity (Wildman–Crippen MR) is 51.1 cm³/mol. The quantitative estimate of drug-likeness (QED) is 0.703. The second kappa shape index (κ2) is 4.83. The predicted octanol–water partition coefficient (Wildman–Crippen LogP) is 0.655. The molecule has 1 fully saturated rings.